The Labute approximate surface area is 111 Å². The quantitative estimate of drug-likeness (QED) is 0.866. The summed E-state index contributed by atoms with van der Waals surface area (Å²) in [4.78, 5) is 0. The van der Waals surface area contributed by atoms with Crippen molar-refractivity contribution in [2.45, 2.75) is 37.9 Å². The van der Waals surface area contributed by atoms with Gasteiger partial charge in [-0.15, -0.1) is 0 Å². The van der Waals surface area contributed by atoms with Gasteiger partial charge in [-0.1, -0.05) is 12.8 Å². The van der Waals surface area contributed by atoms with Crippen molar-refractivity contribution in [3.05, 3.63) is 17.7 Å². The molecule has 2 aliphatic rings. The molecular weight excluding hydrogens is 248 g/mol. The minimum absolute atomic E-state index is 0.135. The van der Waals surface area contributed by atoms with E-state index in [1.165, 1.54) is 0 Å². The first-order chi connectivity index (χ1) is 9.20. The Morgan fingerprint density at radius 2 is 1.84 bits per heavy atom. The zero-order chi connectivity index (χ0) is 13.3. The topological polar surface area (TPSA) is 68.2 Å². The fraction of sp³-hybridized carbons (Fsp3) is 0.571. The smallest absolute Gasteiger partial charge is 0.231 e. The maximum Gasteiger partial charge on any atom is 0.231 e. The Morgan fingerprint density at radius 3 is 2.53 bits per heavy atom. The highest BCUT2D eigenvalue weighted by Gasteiger charge is 2.32. The molecular formula is C14H18O5. The van der Waals surface area contributed by atoms with Gasteiger partial charge in [0.15, 0.2) is 11.5 Å². The van der Waals surface area contributed by atoms with Crippen LogP contribution in [0.3, 0.4) is 0 Å². The molecule has 1 heterocycles. The Kier molecular flexibility index (Phi) is 3.24. The molecule has 104 valence electrons. The summed E-state index contributed by atoms with van der Waals surface area (Å²) in [6.45, 7) is 0.303. The third-order valence-electron chi connectivity index (χ3n) is 3.76. The molecule has 1 aromatic carbocycles. The second-order valence-corrected chi connectivity index (χ2v) is 5.19. The standard InChI is InChI=1S/C14H18O5/c15-7-10-5-12-13(19-9-18-12)6-11(10)17-8-14(16)3-1-2-4-14/h5-6,15-16H,1-4,7-9H2. The Balaban J connectivity index is 1.76. The molecule has 0 radical (unpaired) electrons. The van der Waals surface area contributed by atoms with E-state index in [0.717, 1.165) is 25.7 Å². The molecule has 0 bridgehead atoms. The lowest BCUT2D eigenvalue weighted by Crippen LogP contribution is -2.32. The normalized spacial score (nSPS) is 19.7. The van der Waals surface area contributed by atoms with E-state index in [1.807, 2.05) is 0 Å². The van der Waals surface area contributed by atoms with E-state index in [4.69, 9.17) is 14.2 Å². The molecule has 5 heteroatoms. The fourth-order valence-corrected chi connectivity index (χ4v) is 2.61. The first-order valence-corrected chi connectivity index (χ1v) is 6.59. The molecule has 0 unspecified atom stereocenters. The van der Waals surface area contributed by atoms with Crippen molar-refractivity contribution in [1.82, 2.24) is 0 Å². The average molecular weight is 266 g/mol. The predicted octanol–water partition coefficient (Wildman–Crippen LogP) is 1.59. The lowest BCUT2D eigenvalue weighted by Gasteiger charge is -2.23. The maximum absolute atomic E-state index is 10.3. The highest BCUT2D eigenvalue weighted by molar-refractivity contribution is 5.51. The van der Waals surface area contributed by atoms with Gasteiger partial charge in [0.05, 0.1) is 12.2 Å². The Morgan fingerprint density at radius 1 is 1.16 bits per heavy atom. The van der Waals surface area contributed by atoms with E-state index in [-0.39, 0.29) is 20.0 Å². The zero-order valence-corrected chi connectivity index (χ0v) is 10.7. The SMILES string of the molecule is OCc1cc2c(cc1OCC1(O)CCCC1)OCO2. The molecule has 1 saturated carbocycles. The third-order valence-corrected chi connectivity index (χ3v) is 3.76. The number of aliphatic hydroxyl groups excluding tert-OH is 1. The Hall–Kier alpha value is -1.46. The molecule has 0 aromatic heterocycles. The minimum atomic E-state index is -0.733. The molecule has 0 atom stereocenters. The second-order valence-electron chi connectivity index (χ2n) is 5.19. The van der Waals surface area contributed by atoms with Crippen LogP contribution >= 0.6 is 0 Å². The Bertz CT molecular complexity index is 465. The van der Waals surface area contributed by atoms with E-state index in [0.29, 0.717) is 22.8 Å². The number of hydrogen-bond donors (Lipinski definition) is 2. The van der Waals surface area contributed by atoms with Crippen LogP contribution in [0.15, 0.2) is 12.1 Å². The minimum Gasteiger partial charge on any atom is -0.490 e. The number of aliphatic hydroxyl groups is 2. The number of benzene rings is 1. The van der Waals surface area contributed by atoms with Crippen LogP contribution in [0.1, 0.15) is 31.2 Å². The van der Waals surface area contributed by atoms with Gasteiger partial charge in [0.1, 0.15) is 12.4 Å². The van der Waals surface area contributed by atoms with Crippen LogP contribution in [0.2, 0.25) is 0 Å². The summed E-state index contributed by atoms with van der Waals surface area (Å²) in [5.41, 5.74) is -0.0887. The number of ether oxygens (including phenoxy) is 3. The van der Waals surface area contributed by atoms with Gasteiger partial charge >= 0.3 is 0 Å². The summed E-state index contributed by atoms with van der Waals surface area (Å²) in [6.07, 6.45) is 3.61. The molecule has 19 heavy (non-hydrogen) atoms. The lowest BCUT2D eigenvalue weighted by atomic mass is 10.0. The maximum atomic E-state index is 10.3. The van der Waals surface area contributed by atoms with Crippen molar-refractivity contribution in [1.29, 1.82) is 0 Å². The van der Waals surface area contributed by atoms with E-state index < -0.39 is 5.60 Å². The van der Waals surface area contributed by atoms with Gasteiger partial charge < -0.3 is 24.4 Å². The zero-order valence-electron chi connectivity index (χ0n) is 10.7. The van der Waals surface area contributed by atoms with Gasteiger partial charge in [0, 0.05) is 11.6 Å². The third kappa shape index (κ3) is 2.48. The van der Waals surface area contributed by atoms with Crippen molar-refractivity contribution in [2.75, 3.05) is 13.4 Å². The molecule has 5 nitrogen and oxygen atoms in total. The van der Waals surface area contributed by atoms with Crippen molar-refractivity contribution >= 4 is 0 Å². The van der Waals surface area contributed by atoms with E-state index >= 15 is 0 Å². The monoisotopic (exact) mass is 266 g/mol. The van der Waals surface area contributed by atoms with Crippen LogP contribution in [0.25, 0.3) is 0 Å². The highest BCUT2D eigenvalue weighted by Crippen LogP contribution is 2.39. The van der Waals surface area contributed by atoms with Gasteiger partial charge in [-0.25, -0.2) is 0 Å². The van der Waals surface area contributed by atoms with Crippen molar-refractivity contribution in [3.8, 4) is 17.2 Å². The molecule has 0 amide bonds. The van der Waals surface area contributed by atoms with Crippen LogP contribution in [0.4, 0.5) is 0 Å². The molecule has 1 fully saturated rings. The molecule has 1 aliphatic heterocycles. The summed E-state index contributed by atoms with van der Waals surface area (Å²) in [7, 11) is 0. The number of fused-ring (bicyclic) bond motifs is 1. The molecule has 3 rings (SSSR count). The van der Waals surface area contributed by atoms with Gasteiger partial charge in [0.2, 0.25) is 6.79 Å². The summed E-state index contributed by atoms with van der Waals surface area (Å²) in [5, 5.41) is 19.6. The van der Waals surface area contributed by atoms with Gasteiger partial charge in [-0.2, -0.15) is 0 Å². The first kappa shape index (κ1) is 12.6. The summed E-state index contributed by atoms with van der Waals surface area (Å²) in [6, 6.07) is 3.43. The summed E-state index contributed by atoms with van der Waals surface area (Å²) < 4.78 is 16.2. The van der Waals surface area contributed by atoms with Crippen LogP contribution in [-0.2, 0) is 6.61 Å². The first-order valence-electron chi connectivity index (χ1n) is 6.59. The molecule has 0 spiro atoms. The molecule has 0 saturated heterocycles. The van der Waals surface area contributed by atoms with Crippen molar-refractivity contribution in [2.24, 2.45) is 0 Å². The fourth-order valence-electron chi connectivity index (χ4n) is 2.61. The molecule has 2 N–H and O–H groups in total. The van der Waals surface area contributed by atoms with Crippen molar-refractivity contribution < 1.29 is 24.4 Å². The van der Waals surface area contributed by atoms with Gasteiger partial charge in [-0.05, 0) is 18.9 Å². The summed E-state index contributed by atoms with van der Waals surface area (Å²) in [5.74, 6) is 1.79. The van der Waals surface area contributed by atoms with Crippen LogP contribution in [-0.4, -0.2) is 29.2 Å². The average Bonchev–Trinajstić information content (AvgIpc) is 3.04. The van der Waals surface area contributed by atoms with Gasteiger partial charge in [0.25, 0.3) is 0 Å². The van der Waals surface area contributed by atoms with Gasteiger partial charge in [-0.3, -0.25) is 0 Å². The molecule has 1 aromatic rings. The molecule has 1 aliphatic carbocycles. The number of hydrogen-bond acceptors (Lipinski definition) is 5. The largest absolute Gasteiger partial charge is 0.490 e. The van der Waals surface area contributed by atoms with Crippen LogP contribution < -0.4 is 14.2 Å². The lowest BCUT2D eigenvalue weighted by molar-refractivity contribution is 0.000766. The predicted molar refractivity (Wildman–Crippen MR) is 67.4 cm³/mol. The number of rotatable bonds is 4. The van der Waals surface area contributed by atoms with E-state index in [2.05, 4.69) is 0 Å². The highest BCUT2D eigenvalue weighted by atomic mass is 16.7. The van der Waals surface area contributed by atoms with Crippen LogP contribution in [0.5, 0.6) is 17.2 Å². The van der Waals surface area contributed by atoms with E-state index in [1.54, 1.807) is 12.1 Å². The van der Waals surface area contributed by atoms with E-state index in [9.17, 15) is 10.2 Å². The van der Waals surface area contributed by atoms with Crippen molar-refractivity contribution in [3.63, 3.8) is 0 Å². The van der Waals surface area contributed by atoms with Crippen LogP contribution in [0, 0.1) is 0 Å². The summed E-state index contributed by atoms with van der Waals surface area (Å²) >= 11 is 0. The second kappa shape index (κ2) is 4.90.